The molecule has 92 valence electrons. The molecule has 0 saturated carbocycles. The molecule has 0 radical (unpaired) electrons. The Kier molecular flexibility index (Phi) is 4.41. The van der Waals surface area contributed by atoms with Gasteiger partial charge in [0.05, 0.1) is 25.9 Å². The Hall–Kier alpha value is -2.15. The van der Waals surface area contributed by atoms with Gasteiger partial charge in [-0.15, -0.1) is 0 Å². The van der Waals surface area contributed by atoms with E-state index in [2.05, 4.69) is 0 Å². The van der Waals surface area contributed by atoms with Crippen molar-refractivity contribution in [3.05, 3.63) is 24.2 Å². The second kappa shape index (κ2) is 5.80. The molecule has 0 bridgehead atoms. The van der Waals surface area contributed by atoms with Crippen molar-refractivity contribution in [1.29, 1.82) is 0 Å². The fourth-order valence-corrected chi connectivity index (χ4v) is 1.33. The van der Waals surface area contributed by atoms with Gasteiger partial charge in [0.15, 0.2) is 5.76 Å². The highest BCUT2D eigenvalue weighted by atomic mass is 16.3. The Morgan fingerprint density at radius 2 is 1.71 bits per heavy atom. The van der Waals surface area contributed by atoms with Gasteiger partial charge < -0.3 is 15.9 Å². The number of nitrogens with two attached hydrogens (primary N) is 2. The predicted molar refractivity (Wildman–Crippen MR) is 57.9 cm³/mol. The van der Waals surface area contributed by atoms with Crippen molar-refractivity contribution in [2.75, 3.05) is 19.6 Å². The summed E-state index contributed by atoms with van der Waals surface area (Å²) in [4.78, 5) is 34.4. The van der Waals surface area contributed by atoms with Crippen molar-refractivity contribution in [1.82, 2.24) is 4.90 Å². The highest BCUT2D eigenvalue weighted by Crippen LogP contribution is 2.02. The van der Waals surface area contributed by atoms with E-state index in [0.29, 0.717) is 0 Å². The first-order valence-corrected chi connectivity index (χ1v) is 4.84. The summed E-state index contributed by atoms with van der Waals surface area (Å²) in [5, 5.41) is 0. The number of amides is 2. The number of nitrogens with zero attached hydrogens (tertiary/aromatic N) is 1. The van der Waals surface area contributed by atoms with E-state index in [1.807, 2.05) is 0 Å². The van der Waals surface area contributed by atoms with Crippen molar-refractivity contribution >= 4 is 17.6 Å². The number of hydrogen-bond donors (Lipinski definition) is 2. The van der Waals surface area contributed by atoms with Crippen LogP contribution in [0.15, 0.2) is 22.8 Å². The summed E-state index contributed by atoms with van der Waals surface area (Å²) in [6.07, 6.45) is 1.36. The lowest BCUT2D eigenvalue weighted by atomic mass is 10.2. The summed E-state index contributed by atoms with van der Waals surface area (Å²) >= 11 is 0. The third-order valence-electron chi connectivity index (χ3n) is 1.92. The lowest BCUT2D eigenvalue weighted by Crippen LogP contribution is -2.42. The first-order valence-electron chi connectivity index (χ1n) is 4.84. The van der Waals surface area contributed by atoms with Crippen LogP contribution in [0.1, 0.15) is 10.6 Å². The van der Waals surface area contributed by atoms with Crippen molar-refractivity contribution in [2.24, 2.45) is 11.5 Å². The zero-order valence-electron chi connectivity index (χ0n) is 9.09. The maximum atomic E-state index is 11.6. The van der Waals surface area contributed by atoms with Gasteiger partial charge in [-0.2, -0.15) is 0 Å². The minimum Gasteiger partial charge on any atom is -0.461 e. The molecule has 0 aliphatic carbocycles. The molecule has 1 rings (SSSR count). The lowest BCUT2D eigenvalue weighted by molar-refractivity contribution is -0.121. The maximum absolute atomic E-state index is 11.6. The van der Waals surface area contributed by atoms with Crippen LogP contribution >= 0.6 is 0 Å². The zero-order valence-corrected chi connectivity index (χ0v) is 9.09. The molecular formula is C10H13N3O4. The summed E-state index contributed by atoms with van der Waals surface area (Å²) in [5.41, 5.74) is 9.99. The summed E-state index contributed by atoms with van der Waals surface area (Å²) < 4.78 is 4.90. The molecule has 2 amide bonds. The molecule has 7 heteroatoms. The van der Waals surface area contributed by atoms with Crippen molar-refractivity contribution in [3.63, 3.8) is 0 Å². The minimum absolute atomic E-state index is 0.153. The standard InChI is InChI=1S/C10H13N3O4/c11-9(15)5-13(6-10(12)16)4-7(14)8-2-1-3-17-8/h1-3H,4-6H2,(H2,11,15)(H2,12,16). The molecule has 1 aromatic heterocycles. The van der Waals surface area contributed by atoms with E-state index in [9.17, 15) is 14.4 Å². The average molecular weight is 239 g/mol. The SMILES string of the molecule is NC(=O)CN(CC(N)=O)CC(=O)c1ccco1. The Labute approximate surface area is 97.3 Å². The van der Waals surface area contributed by atoms with Crippen LogP contribution in [0.3, 0.4) is 0 Å². The maximum Gasteiger partial charge on any atom is 0.231 e. The Balaban J connectivity index is 2.62. The predicted octanol–water partition coefficient (Wildman–Crippen LogP) is -1.27. The number of carbonyl (C=O) groups excluding carboxylic acids is 3. The first kappa shape index (κ1) is 12.9. The van der Waals surface area contributed by atoms with E-state index >= 15 is 0 Å². The van der Waals surface area contributed by atoms with E-state index < -0.39 is 11.8 Å². The van der Waals surface area contributed by atoms with Gasteiger partial charge >= 0.3 is 0 Å². The summed E-state index contributed by atoms with van der Waals surface area (Å²) in [6.45, 7) is -0.579. The molecule has 1 aromatic rings. The number of hydrogen-bond acceptors (Lipinski definition) is 5. The van der Waals surface area contributed by atoms with Gasteiger partial charge in [-0.3, -0.25) is 19.3 Å². The first-order chi connectivity index (χ1) is 7.99. The van der Waals surface area contributed by atoms with Crippen LogP contribution in [0.4, 0.5) is 0 Å². The Morgan fingerprint density at radius 1 is 1.12 bits per heavy atom. The summed E-state index contributed by atoms with van der Waals surface area (Å²) in [6, 6.07) is 3.06. The smallest absolute Gasteiger partial charge is 0.231 e. The van der Waals surface area contributed by atoms with Gasteiger partial charge in [0.25, 0.3) is 0 Å². The highest BCUT2D eigenvalue weighted by molar-refractivity contribution is 5.95. The minimum atomic E-state index is -0.640. The van der Waals surface area contributed by atoms with Crippen LogP contribution in [0, 0.1) is 0 Å². The second-order valence-corrected chi connectivity index (χ2v) is 3.48. The molecule has 17 heavy (non-hydrogen) atoms. The normalized spacial score (nSPS) is 10.4. The third kappa shape index (κ3) is 4.47. The van der Waals surface area contributed by atoms with Crippen LogP contribution in [-0.2, 0) is 9.59 Å². The van der Waals surface area contributed by atoms with Gasteiger partial charge in [-0.1, -0.05) is 0 Å². The Bertz CT molecular complexity index is 397. The van der Waals surface area contributed by atoms with E-state index in [-0.39, 0.29) is 31.2 Å². The zero-order chi connectivity index (χ0) is 12.8. The number of ketones is 1. The second-order valence-electron chi connectivity index (χ2n) is 3.48. The highest BCUT2D eigenvalue weighted by Gasteiger charge is 2.17. The van der Waals surface area contributed by atoms with E-state index in [4.69, 9.17) is 15.9 Å². The number of carbonyl (C=O) groups is 3. The molecular weight excluding hydrogens is 226 g/mol. The molecule has 0 aliphatic heterocycles. The monoisotopic (exact) mass is 239 g/mol. The summed E-state index contributed by atoms with van der Waals surface area (Å²) in [7, 11) is 0. The molecule has 7 nitrogen and oxygen atoms in total. The fraction of sp³-hybridized carbons (Fsp3) is 0.300. The fourth-order valence-electron chi connectivity index (χ4n) is 1.33. The molecule has 0 atom stereocenters. The third-order valence-corrected chi connectivity index (χ3v) is 1.92. The number of rotatable bonds is 7. The molecule has 0 aliphatic rings. The van der Waals surface area contributed by atoms with Gasteiger partial charge in [0, 0.05) is 0 Å². The van der Waals surface area contributed by atoms with E-state index in [1.54, 1.807) is 6.07 Å². The van der Waals surface area contributed by atoms with Crippen LogP contribution < -0.4 is 11.5 Å². The molecule has 0 aromatic carbocycles. The molecule has 0 saturated heterocycles. The van der Waals surface area contributed by atoms with Crippen molar-refractivity contribution < 1.29 is 18.8 Å². The van der Waals surface area contributed by atoms with Gasteiger partial charge in [0.2, 0.25) is 17.6 Å². The molecule has 0 unspecified atom stereocenters. The summed E-state index contributed by atoms with van der Waals surface area (Å²) in [5.74, 6) is -1.47. The van der Waals surface area contributed by atoms with Gasteiger partial charge in [-0.25, -0.2) is 0 Å². The topological polar surface area (TPSA) is 120 Å². The van der Waals surface area contributed by atoms with Crippen molar-refractivity contribution in [2.45, 2.75) is 0 Å². The van der Waals surface area contributed by atoms with Crippen LogP contribution in [0.25, 0.3) is 0 Å². The van der Waals surface area contributed by atoms with Crippen LogP contribution in [0.2, 0.25) is 0 Å². The average Bonchev–Trinajstić information content (AvgIpc) is 2.67. The van der Waals surface area contributed by atoms with Crippen molar-refractivity contribution in [3.8, 4) is 0 Å². The van der Waals surface area contributed by atoms with Gasteiger partial charge in [0.1, 0.15) is 0 Å². The molecule has 1 heterocycles. The van der Waals surface area contributed by atoms with Crippen LogP contribution in [-0.4, -0.2) is 42.1 Å². The van der Waals surface area contributed by atoms with E-state index in [0.717, 1.165) is 0 Å². The lowest BCUT2D eigenvalue weighted by Gasteiger charge is -2.16. The molecule has 0 fully saturated rings. The molecule has 0 spiro atoms. The largest absolute Gasteiger partial charge is 0.461 e. The van der Waals surface area contributed by atoms with Gasteiger partial charge in [-0.05, 0) is 12.1 Å². The van der Waals surface area contributed by atoms with E-state index in [1.165, 1.54) is 17.2 Å². The number of primary amides is 2. The Morgan fingerprint density at radius 3 is 2.12 bits per heavy atom. The number of Topliss-reactive ketones (excluding diaryl/α,β-unsaturated/α-hetero) is 1. The molecule has 4 N–H and O–H groups in total. The number of furan rings is 1. The van der Waals surface area contributed by atoms with Crippen LogP contribution in [0.5, 0.6) is 0 Å². The quantitative estimate of drug-likeness (QED) is 0.575.